The molecule has 156 valence electrons. The van der Waals surface area contributed by atoms with E-state index in [4.69, 9.17) is 16.0 Å². The van der Waals surface area contributed by atoms with Crippen LogP contribution in [-0.2, 0) is 0 Å². The second kappa shape index (κ2) is 9.32. The van der Waals surface area contributed by atoms with Crippen molar-refractivity contribution < 1.29 is 13.6 Å². The second-order valence-electron chi connectivity index (χ2n) is 7.22. The maximum atomic E-state index is 14.1. The molecule has 1 aromatic heterocycles. The molecule has 1 aliphatic rings. The first-order valence-electron chi connectivity index (χ1n) is 9.92. The minimum absolute atomic E-state index is 0.0981. The molecule has 0 bridgehead atoms. The molecule has 1 N–H and O–H groups in total. The number of anilines is 1. The Labute approximate surface area is 180 Å². The van der Waals surface area contributed by atoms with Gasteiger partial charge in [0.15, 0.2) is 0 Å². The van der Waals surface area contributed by atoms with Crippen molar-refractivity contribution in [2.45, 2.75) is 6.04 Å². The third-order valence-corrected chi connectivity index (χ3v) is 5.63. The van der Waals surface area contributed by atoms with Gasteiger partial charge in [0.2, 0.25) is 0 Å². The van der Waals surface area contributed by atoms with Crippen LogP contribution in [0.3, 0.4) is 0 Å². The average Bonchev–Trinajstić information content (AvgIpc) is 3.30. The number of carbonyl (C=O) groups is 1. The monoisotopic (exact) mass is 427 g/mol. The summed E-state index contributed by atoms with van der Waals surface area (Å²) in [6.45, 7) is 3.27. The first-order valence-corrected chi connectivity index (χ1v) is 10.3. The van der Waals surface area contributed by atoms with Crippen LogP contribution in [0.25, 0.3) is 0 Å². The van der Waals surface area contributed by atoms with E-state index in [0.29, 0.717) is 35.9 Å². The number of carbonyl (C=O) groups excluding carboxylic acids is 1. The van der Waals surface area contributed by atoms with Crippen molar-refractivity contribution >= 4 is 23.2 Å². The minimum atomic E-state index is -0.205. The first-order chi connectivity index (χ1) is 14.6. The Morgan fingerprint density at radius 1 is 1.03 bits per heavy atom. The van der Waals surface area contributed by atoms with E-state index >= 15 is 0 Å². The fourth-order valence-electron chi connectivity index (χ4n) is 3.77. The van der Waals surface area contributed by atoms with Crippen molar-refractivity contribution in [1.29, 1.82) is 0 Å². The Bertz CT molecular complexity index is 970. The van der Waals surface area contributed by atoms with Gasteiger partial charge in [0.05, 0.1) is 18.0 Å². The van der Waals surface area contributed by atoms with E-state index in [1.807, 2.05) is 18.2 Å². The fourth-order valence-corrected chi connectivity index (χ4v) is 3.89. The van der Waals surface area contributed by atoms with Crippen LogP contribution in [0.1, 0.15) is 22.2 Å². The smallest absolute Gasteiger partial charge is 0.251 e. The quantitative estimate of drug-likeness (QED) is 0.634. The standard InChI is InChI=1S/C23H23ClFN3O2/c24-18-9-7-17(8-10-18)23(29)26-16-21(22-6-3-15-30-22)28-13-11-27(12-14-28)20-5-2-1-4-19(20)25/h1-10,15,21H,11-14,16H2,(H,26,29)/t21-/m1/s1. The third-order valence-electron chi connectivity index (χ3n) is 5.38. The molecule has 1 amide bonds. The molecule has 5 nitrogen and oxygen atoms in total. The SMILES string of the molecule is O=C(NC[C@H](c1ccco1)N1CCN(c2ccccc2F)CC1)c1ccc(Cl)cc1. The number of benzene rings is 2. The van der Waals surface area contributed by atoms with Gasteiger partial charge in [-0.3, -0.25) is 9.69 Å². The lowest BCUT2D eigenvalue weighted by molar-refractivity contribution is 0.0922. The number of amides is 1. The lowest BCUT2D eigenvalue weighted by Gasteiger charge is -2.39. The van der Waals surface area contributed by atoms with E-state index in [1.165, 1.54) is 6.07 Å². The summed E-state index contributed by atoms with van der Waals surface area (Å²) in [6, 6.07) is 17.3. The summed E-state index contributed by atoms with van der Waals surface area (Å²) in [5, 5.41) is 3.59. The summed E-state index contributed by atoms with van der Waals surface area (Å²) in [7, 11) is 0. The average molecular weight is 428 g/mol. The van der Waals surface area contributed by atoms with Crippen molar-refractivity contribution in [3.63, 3.8) is 0 Å². The molecule has 1 saturated heterocycles. The zero-order valence-electron chi connectivity index (χ0n) is 16.4. The number of furan rings is 1. The zero-order chi connectivity index (χ0) is 20.9. The van der Waals surface area contributed by atoms with Crippen LogP contribution in [-0.4, -0.2) is 43.5 Å². The molecule has 2 heterocycles. The molecule has 0 radical (unpaired) electrons. The van der Waals surface area contributed by atoms with E-state index in [1.54, 1.807) is 42.7 Å². The number of nitrogens with one attached hydrogen (secondary N) is 1. The zero-order valence-corrected chi connectivity index (χ0v) is 17.2. The Morgan fingerprint density at radius 2 is 1.77 bits per heavy atom. The summed E-state index contributed by atoms with van der Waals surface area (Å²) < 4.78 is 19.8. The molecule has 1 aliphatic heterocycles. The summed E-state index contributed by atoms with van der Waals surface area (Å²) in [5.41, 5.74) is 1.18. The lowest BCUT2D eigenvalue weighted by Crippen LogP contribution is -2.50. The highest BCUT2D eigenvalue weighted by Gasteiger charge is 2.28. The van der Waals surface area contributed by atoms with Gasteiger partial charge in [0.25, 0.3) is 5.91 Å². The van der Waals surface area contributed by atoms with Gasteiger partial charge in [-0.05, 0) is 48.5 Å². The number of para-hydroxylation sites is 1. The van der Waals surface area contributed by atoms with E-state index in [2.05, 4.69) is 15.1 Å². The lowest BCUT2D eigenvalue weighted by atomic mass is 10.1. The number of piperazine rings is 1. The highest BCUT2D eigenvalue weighted by Crippen LogP contribution is 2.25. The normalized spacial score (nSPS) is 15.7. The molecule has 0 spiro atoms. The van der Waals surface area contributed by atoms with Crippen LogP contribution in [0.15, 0.2) is 71.3 Å². The van der Waals surface area contributed by atoms with Crippen molar-refractivity contribution in [2.75, 3.05) is 37.6 Å². The number of rotatable bonds is 6. The van der Waals surface area contributed by atoms with Crippen LogP contribution in [0.2, 0.25) is 5.02 Å². The maximum absolute atomic E-state index is 14.1. The first kappa shape index (κ1) is 20.4. The van der Waals surface area contributed by atoms with Gasteiger partial charge in [0.1, 0.15) is 11.6 Å². The van der Waals surface area contributed by atoms with Crippen LogP contribution in [0.5, 0.6) is 0 Å². The Morgan fingerprint density at radius 3 is 2.43 bits per heavy atom. The minimum Gasteiger partial charge on any atom is -0.468 e. The van der Waals surface area contributed by atoms with Crippen molar-refractivity contribution in [3.05, 3.63) is 89.1 Å². The largest absolute Gasteiger partial charge is 0.468 e. The summed E-state index contributed by atoms with van der Waals surface area (Å²) in [6.07, 6.45) is 1.64. The molecule has 3 aromatic rings. The van der Waals surface area contributed by atoms with Gasteiger partial charge in [-0.2, -0.15) is 0 Å². The fraction of sp³-hybridized carbons (Fsp3) is 0.261. The molecule has 30 heavy (non-hydrogen) atoms. The Hall–Kier alpha value is -2.83. The number of halogens is 2. The van der Waals surface area contributed by atoms with Gasteiger partial charge >= 0.3 is 0 Å². The molecule has 0 aliphatic carbocycles. The molecule has 1 atom stereocenters. The van der Waals surface area contributed by atoms with Crippen LogP contribution in [0.4, 0.5) is 10.1 Å². The van der Waals surface area contributed by atoms with Crippen LogP contribution < -0.4 is 10.2 Å². The molecular formula is C23H23ClFN3O2. The second-order valence-corrected chi connectivity index (χ2v) is 7.66. The van der Waals surface area contributed by atoms with Crippen molar-refractivity contribution in [2.24, 2.45) is 0 Å². The van der Waals surface area contributed by atoms with E-state index in [0.717, 1.165) is 18.8 Å². The topological polar surface area (TPSA) is 48.7 Å². The number of nitrogens with zero attached hydrogens (tertiary/aromatic N) is 2. The molecule has 2 aromatic carbocycles. The Balaban J connectivity index is 1.41. The highest BCUT2D eigenvalue weighted by atomic mass is 35.5. The van der Waals surface area contributed by atoms with E-state index < -0.39 is 0 Å². The molecular weight excluding hydrogens is 405 g/mol. The Kier molecular flexibility index (Phi) is 6.35. The molecule has 0 saturated carbocycles. The van der Waals surface area contributed by atoms with E-state index in [9.17, 15) is 9.18 Å². The summed E-state index contributed by atoms with van der Waals surface area (Å²) >= 11 is 5.90. The highest BCUT2D eigenvalue weighted by molar-refractivity contribution is 6.30. The van der Waals surface area contributed by atoms with E-state index in [-0.39, 0.29) is 17.8 Å². The predicted molar refractivity (Wildman–Crippen MR) is 115 cm³/mol. The maximum Gasteiger partial charge on any atom is 0.251 e. The third kappa shape index (κ3) is 4.66. The van der Waals surface area contributed by atoms with Gasteiger partial charge in [0, 0.05) is 43.3 Å². The summed E-state index contributed by atoms with van der Waals surface area (Å²) in [4.78, 5) is 16.8. The van der Waals surface area contributed by atoms with Gasteiger partial charge in [-0.15, -0.1) is 0 Å². The molecule has 4 rings (SSSR count). The molecule has 0 unspecified atom stereocenters. The molecule has 7 heteroatoms. The van der Waals surface area contributed by atoms with Crippen LogP contribution >= 0.6 is 11.6 Å². The predicted octanol–water partition coefficient (Wildman–Crippen LogP) is 4.37. The van der Waals surface area contributed by atoms with Gasteiger partial charge < -0.3 is 14.6 Å². The number of hydrogen-bond donors (Lipinski definition) is 1. The number of hydrogen-bond acceptors (Lipinski definition) is 4. The van der Waals surface area contributed by atoms with Crippen molar-refractivity contribution in [1.82, 2.24) is 10.2 Å². The van der Waals surface area contributed by atoms with Crippen LogP contribution in [0, 0.1) is 5.82 Å². The van der Waals surface area contributed by atoms with Gasteiger partial charge in [-0.1, -0.05) is 23.7 Å². The summed E-state index contributed by atoms with van der Waals surface area (Å²) in [5.74, 6) is 0.433. The van der Waals surface area contributed by atoms with Gasteiger partial charge in [-0.25, -0.2) is 4.39 Å². The molecule has 1 fully saturated rings. The van der Waals surface area contributed by atoms with Crippen molar-refractivity contribution in [3.8, 4) is 0 Å².